The fourth-order valence-electron chi connectivity index (χ4n) is 2.52. The van der Waals surface area contributed by atoms with E-state index >= 15 is 0 Å². The summed E-state index contributed by atoms with van der Waals surface area (Å²) in [6.07, 6.45) is -3.37. The zero-order valence-corrected chi connectivity index (χ0v) is 12.0. The number of rotatable bonds is 2. The maximum atomic E-state index is 12.6. The summed E-state index contributed by atoms with van der Waals surface area (Å²) in [6, 6.07) is 4.29. The summed E-state index contributed by atoms with van der Waals surface area (Å²) in [7, 11) is 0. The van der Waals surface area contributed by atoms with Gasteiger partial charge in [-0.3, -0.25) is 4.79 Å². The van der Waals surface area contributed by atoms with Gasteiger partial charge in [0.25, 0.3) is 5.91 Å². The normalized spacial score (nSPS) is 22.9. The minimum absolute atomic E-state index is 0.0528. The molecular weight excluding hydrogens is 305 g/mol. The summed E-state index contributed by atoms with van der Waals surface area (Å²) in [5, 5.41) is 3.11. The summed E-state index contributed by atoms with van der Waals surface area (Å²) in [5.41, 5.74) is 6.27. The Morgan fingerprint density at radius 3 is 2.38 bits per heavy atom. The second-order valence-electron chi connectivity index (χ2n) is 5.30. The van der Waals surface area contributed by atoms with Gasteiger partial charge in [0.1, 0.15) is 0 Å². The van der Waals surface area contributed by atoms with Crippen LogP contribution >= 0.6 is 11.6 Å². The average Bonchev–Trinajstić information content (AvgIpc) is 2.41. The van der Waals surface area contributed by atoms with Gasteiger partial charge in [0.2, 0.25) is 0 Å². The van der Waals surface area contributed by atoms with Crippen LogP contribution in [0.2, 0.25) is 5.02 Å². The van der Waals surface area contributed by atoms with Gasteiger partial charge >= 0.3 is 6.18 Å². The molecule has 7 heteroatoms. The number of nitrogen functional groups attached to an aromatic ring is 1. The van der Waals surface area contributed by atoms with Crippen LogP contribution in [-0.4, -0.2) is 18.1 Å². The summed E-state index contributed by atoms with van der Waals surface area (Å²) < 4.78 is 37.7. The van der Waals surface area contributed by atoms with Gasteiger partial charge in [-0.05, 0) is 43.9 Å². The highest BCUT2D eigenvalue weighted by molar-refractivity contribution is 6.33. The van der Waals surface area contributed by atoms with E-state index in [4.69, 9.17) is 17.3 Å². The number of hydrogen-bond acceptors (Lipinski definition) is 2. The van der Waals surface area contributed by atoms with Crippen molar-refractivity contribution in [1.29, 1.82) is 0 Å². The van der Waals surface area contributed by atoms with Gasteiger partial charge in [-0.15, -0.1) is 0 Å². The van der Waals surface area contributed by atoms with Gasteiger partial charge in [-0.1, -0.05) is 11.6 Å². The van der Waals surface area contributed by atoms with E-state index in [1.807, 2.05) is 0 Å². The molecule has 1 aliphatic carbocycles. The average molecular weight is 321 g/mol. The van der Waals surface area contributed by atoms with Crippen LogP contribution in [0, 0.1) is 5.92 Å². The summed E-state index contributed by atoms with van der Waals surface area (Å²) in [5.74, 6) is -1.59. The van der Waals surface area contributed by atoms with Gasteiger partial charge in [0.15, 0.2) is 0 Å². The van der Waals surface area contributed by atoms with Crippen LogP contribution in [-0.2, 0) is 0 Å². The van der Waals surface area contributed by atoms with E-state index in [9.17, 15) is 18.0 Å². The maximum absolute atomic E-state index is 12.6. The minimum Gasteiger partial charge on any atom is -0.398 e. The molecule has 0 spiro atoms. The molecule has 3 nitrogen and oxygen atoms in total. The molecule has 21 heavy (non-hydrogen) atoms. The third-order valence-corrected chi connectivity index (χ3v) is 4.13. The number of nitrogens with two attached hydrogens (primary N) is 1. The number of halogens is 4. The smallest absolute Gasteiger partial charge is 0.391 e. The molecule has 0 radical (unpaired) electrons. The Morgan fingerprint density at radius 2 is 1.86 bits per heavy atom. The maximum Gasteiger partial charge on any atom is 0.391 e. The third-order valence-electron chi connectivity index (χ3n) is 3.78. The Labute approximate surface area is 125 Å². The molecule has 116 valence electrons. The first-order valence-corrected chi connectivity index (χ1v) is 7.08. The summed E-state index contributed by atoms with van der Waals surface area (Å²) in [6.45, 7) is 0. The van der Waals surface area contributed by atoms with Crippen LogP contribution in [0.25, 0.3) is 0 Å². The van der Waals surface area contributed by atoms with Crippen molar-refractivity contribution in [1.82, 2.24) is 5.32 Å². The Balaban J connectivity index is 1.91. The second kappa shape index (κ2) is 6.13. The predicted octanol–water partition coefficient (Wildman–Crippen LogP) is 3.77. The monoisotopic (exact) mass is 320 g/mol. The van der Waals surface area contributed by atoms with E-state index in [1.165, 1.54) is 18.2 Å². The molecule has 1 amide bonds. The SMILES string of the molecule is Nc1cc(C(=O)NC2CCC(C(F)(F)F)CC2)ccc1Cl. The Kier molecular flexibility index (Phi) is 4.66. The van der Waals surface area contributed by atoms with Gasteiger partial charge in [0, 0.05) is 11.6 Å². The van der Waals surface area contributed by atoms with E-state index < -0.39 is 12.1 Å². The molecule has 0 atom stereocenters. The second-order valence-corrected chi connectivity index (χ2v) is 5.71. The lowest BCUT2D eigenvalue weighted by molar-refractivity contribution is -0.182. The van der Waals surface area contributed by atoms with E-state index in [1.54, 1.807) is 0 Å². The molecule has 0 aromatic heterocycles. The predicted molar refractivity (Wildman–Crippen MR) is 75.1 cm³/mol. The van der Waals surface area contributed by atoms with Crippen molar-refractivity contribution in [2.45, 2.75) is 37.9 Å². The summed E-state index contributed by atoms with van der Waals surface area (Å²) >= 11 is 5.77. The van der Waals surface area contributed by atoms with Crippen molar-refractivity contribution in [2.24, 2.45) is 5.92 Å². The van der Waals surface area contributed by atoms with Crippen molar-refractivity contribution < 1.29 is 18.0 Å². The first kappa shape index (κ1) is 15.9. The highest BCUT2D eigenvalue weighted by Crippen LogP contribution is 2.37. The number of hydrogen-bond donors (Lipinski definition) is 2. The lowest BCUT2D eigenvalue weighted by Crippen LogP contribution is -2.40. The standard InChI is InChI=1S/C14H16ClF3N2O/c15-11-6-1-8(7-12(11)19)13(21)20-10-4-2-9(3-5-10)14(16,17)18/h1,6-7,9-10H,2-5,19H2,(H,20,21). The molecule has 1 aromatic rings. The van der Waals surface area contributed by atoms with Crippen molar-refractivity contribution in [3.05, 3.63) is 28.8 Å². The molecular formula is C14H16ClF3N2O. The molecule has 0 saturated heterocycles. The largest absolute Gasteiger partial charge is 0.398 e. The number of nitrogens with one attached hydrogen (secondary N) is 1. The van der Waals surface area contributed by atoms with Crippen LogP contribution in [0.1, 0.15) is 36.0 Å². The molecule has 1 aromatic carbocycles. The molecule has 0 heterocycles. The van der Waals surface area contributed by atoms with Crippen molar-refractivity contribution in [2.75, 3.05) is 5.73 Å². The quantitative estimate of drug-likeness (QED) is 0.815. The van der Waals surface area contributed by atoms with Gasteiger partial charge in [-0.2, -0.15) is 13.2 Å². The van der Waals surface area contributed by atoms with Gasteiger partial charge < -0.3 is 11.1 Å². The zero-order valence-electron chi connectivity index (χ0n) is 11.2. The number of carbonyl (C=O) groups excluding carboxylic acids is 1. The van der Waals surface area contributed by atoms with Crippen LogP contribution < -0.4 is 11.1 Å². The number of alkyl halides is 3. The number of amides is 1. The van der Waals surface area contributed by atoms with Gasteiger partial charge in [-0.25, -0.2) is 0 Å². The molecule has 1 saturated carbocycles. The van der Waals surface area contributed by atoms with E-state index in [-0.39, 0.29) is 24.8 Å². The number of anilines is 1. The van der Waals surface area contributed by atoms with Crippen molar-refractivity contribution in [3.63, 3.8) is 0 Å². The van der Waals surface area contributed by atoms with Crippen LogP contribution in [0.4, 0.5) is 18.9 Å². The molecule has 1 fully saturated rings. The summed E-state index contributed by atoms with van der Waals surface area (Å²) in [4.78, 5) is 12.0. The minimum atomic E-state index is -4.14. The van der Waals surface area contributed by atoms with Crippen LogP contribution in [0.5, 0.6) is 0 Å². The van der Waals surface area contributed by atoms with Crippen LogP contribution in [0.15, 0.2) is 18.2 Å². The van der Waals surface area contributed by atoms with E-state index in [0.717, 1.165) is 0 Å². The molecule has 0 bridgehead atoms. The zero-order chi connectivity index (χ0) is 15.6. The third kappa shape index (κ3) is 4.03. The number of carbonyl (C=O) groups is 1. The fourth-order valence-corrected chi connectivity index (χ4v) is 2.64. The van der Waals surface area contributed by atoms with E-state index in [2.05, 4.69) is 5.32 Å². The Morgan fingerprint density at radius 1 is 1.24 bits per heavy atom. The lowest BCUT2D eigenvalue weighted by atomic mass is 9.85. The Hall–Kier alpha value is -1.43. The molecule has 0 aliphatic heterocycles. The molecule has 1 aliphatic rings. The first-order chi connectivity index (χ1) is 9.77. The topological polar surface area (TPSA) is 55.1 Å². The highest BCUT2D eigenvalue weighted by Gasteiger charge is 2.41. The molecule has 3 N–H and O–H groups in total. The molecule has 0 unspecified atom stereocenters. The van der Waals surface area contributed by atoms with Crippen molar-refractivity contribution in [3.8, 4) is 0 Å². The van der Waals surface area contributed by atoms with Crippen LogP contribution in [0.3, 0.4) is 0 Å². The number of benzene rings is 1. The van der Waals surface area contributed by atoms with E-state index in [0.29, 0.717) is 29.1 Å². The van der Waals surface area contributed by atoms with Crippen molar-refractivity contribution >= 4 is 23.2 Å². The fraction of sp³-hybridized carbons (Fsp3) is 0.500. The molecule has 2 rings (SSSR count). The first-order valence-electron chi connectivity index (χ1n) is 6.70. The highest BCUT2D eigenvalue weighted by atomic mass is 35.5. The Bertz CT molecular complexity index is 525. The lowest BCUT2D eigenvalue weighted by Gasteiger charge is -2.30. The van der Waals surface area contributed by atoms with Gasteiger partial charge in [0.05, 0.1) is 16.6 Å².